The lowest BCUT2D eigenvalue weighted by Gasteiger charge is -2.17. The van der Waals surface area contributed by atoms with E-state index in [2.05, 4.69) is 5.32 Å². The summed E-state index contributed by atoms with van der Waals surface area (Å²) >= 11 is 0. The van der Waals surface area contributed by atoms with Crippen LogP contribution in [0.5, 0.6) is 0 Å². The Hall–Kier alpha value is -1.33. The molecule has 0 aliphatic heterocycles. The van der Waals surface area contributed by atoms with Gasteiger partial charge in [-0.3, -0.25) is 9.69 Å². The zero-order valence-electron chi connectivity index (χ0n) is 10.5. The summed E-state index contributed by atoms with van der Waals surface area (Å²) in [6.07, 6.45) is 2.50. The number of carbonyl (C=O) groups excluding carboxylic acids is 1. The van der Waals surface area contributed by atoms with Gasteiger partial charge in [0.2, 0.25) is 5.91 Å². The number of hydrogen-bond acceptors (Lipinski definition) is 4. The minimum Gasteiger partial charge on any atom is -0.467 e. The van der Waals surface area contributed by atoms with Gasteiger partial charge in [-0.25, -0.2) is 0 Å². The molecule has 0 aliphatic carbocycles. The number of hydrogen-bond donors (Lipinski definition) is 2. The van der Waals surface area contributed by atoms with E-state index in [1.165, 1.54) is 0 Å². The molecular weight excluding hydrogens is 218 g/mol. The summed E-state index contributed by atoms with van der Waals surface area (Å²) in [4.78, 5) is 13.7. The highest BCUT2D eigenvalue weighted by Gasteiger charge is 2.12. The average Bonchev–Trinajstić information content (AvgIpc) is 2.79. The SMILES string of the molecule is CC(NC(=O)CN(C)CCCN)c1ccco1. The van der Waals surface area contributed by atoms with Crippen LogP contribution in [0.3, 0.4) is 0 Å². The molecule has 1 rings (SSSR count). The minimum atomic E-state index is -0.0968. The molecular formula is C12H21N3O2. The lowest BCUT2D eigenvalue weighted by atomic mass is 10.2. The van der Waals surface area contributed by atoms with Gasteiger partial charge in [0.1, 0.15) is 5.76 Å². The first-order chi connectivity index (χ1) is 8.13. The molecule has 0 fully saturated rings. The predicted octanol–water partition coefficient (Wildman–Crippen LogP) is 0.737. The van der Waals surface area contributed by atoms with Crippen LogP contribution in [0.1, 0.15) is 25.1 Å². The molecule has 0 radical (unpaired) electrons. The van der Waals surface area contributed by atoms with Gasteiger partial charge in [0.15, 0.2) is 0 Å². The maximum atomic E-state index is 11.7. The lowest BCUT2D eigenvalue weighted by Crippen LogP contribution is -2.37. The monoisotopic (exact) mass is 239 g/mol. The Morgan fingerprint density at radius 2 is 2.41 bits per heavy atom. The van der Waals surface area contributed by atoms with E-state index in [1.54, 1.807) is 6.26 Å². The first kappa shape index (κ1) is 13.7. The van der Waals surface area contributed by atoms with E-state index in [9.17, 15) is 4.79 Å². The Morgan fingerprint density at radius 1 is 1.65 bits per heavy atom. The normalized spacial score (nSPS) is 12.7. The molecule has 1 unspecified atom stereocenters. The van der Waals surface area contributed by atoms with Crippen LogP contribution in [0.4, 0.5) is 0 Å². The topological polar surface area (TPSA) is 71.5 Å². The molecule has 1 atom stereocenters. The smallest absolute Gasteiger partial charge is 0.234 e. The van der Waals surface area contributed by atoms with Gasteiger partial charge < -0.3 is 15.5 Å². The number of furan rings is 1. The summed E-state index contributed by atoms with van der Waals surface area (Å²) in [6, 6.07) is 3.56. The van der Waals surface area contributed by atoms with Crippen LogP contribution in [-0.2, 0) is 4.79 Å². The van der Waals surface area contributed by atoms with Gasteiger partial charge >= 0.3 is 0 Å². The van der Waals surface area contributed by atoms with Crippen LogP contribution < -0.4 is 11.1 Å². The van der Waals surface area contributed by atoms with Gasteiger partial charge in [-0.05, 0) is 45.6 Å². The van der Waals surface area contributed by atoms with Gasteiger partial charge in [-0.1, -0.05) is 0 Å². The number of amides is 1. The summed E-state index contributed by atoms with van der Waals surface area (Å²) in [7, 11) is 1.91. The fraction of sp³-hybridized carbons (Fsp3) is 0.583. The van der Waals surface area contributed by atoms with Crippen molar-refractivity contribution in [3.8, 4) is 0 Å². The molecule has 0 bridgehead atoms. The van der Waals surface area contributed by atoms with Crippen LogP contribution in [0.2, 0.25) is 0 Å². The predicted molar refractivity (Wildman–Crippen MR) is 66.4 cm³/mol. The molecule has 1 amide bonds. The fourth-order valence-corrected chi connectivity index (χ4v) is 1.58. The Labute approximate surface area is 102 Å². The second-order valence-corrected chi connectivity index (χ2v) is 4.18. The van der Waals surface area contributed by atoms with Crippen LogP contribution >= 0.6 is 0 Å². The van der Waals surface area contributed by atoms with E-state index in [0.29, 0.717) is 13.1 Å². The highest BCUT2D eigenvalue weighted by molar-refractivity contribution is 5.78. The molecule has 3 N–H and O–H groups in total. The van der Waals surface area contributed by atoms with Crippen molar-refractivity contribution in [1.29, 1.82) is 0 Å². The molecule has 0 aromatic carbocycles. The van der Waals surface area contributed by atoms with E-state index in [1.807, 2.05) is 31.0 Å². The maximum Gasteiger partial charge on any atom is 0.234 e. The number of rotatable bonds is 7. The van der Waals surface area contributed by atoms with Gasteiger partial charge in [-0.15, -0.1) is 0 Å². The van der Waals surface area contributed by atoms with Crippen molar-refractivity contribution >= 4 is 5.91 Å². The van der Waals surface area contributed by atoms with Crippen LogP contribution in [-0.4, -0.2) is 37.5 Å². The standard InChI is InChI=1S/C12H21N3O2/c1-10(11-5-3-8-17-11)14-12(16)9-15(2)7-4-6-13/h3,5,8,10H,4,6-7,9,13H2,1-2H3,(H,14,16). The van der Waals surface area contributed by atoms with Crippen molar-refractivity contribution in [3.05, 3.63) is 24.2 Å². The third kappa shape index (κ3) is 5.01. The molecule has 1 heterocycles. The number of nitrogens with zero attached hydrogens (tertiary/aromatic N) is 1. The highest BCUT2D eigenvalue weighted by atomic mass is 16.3. The largest absolute Gasteiger partial charge is 0.467 e. The molecule has 96 valence electrons. The van der Waals surface area contributed by atoms with Crippen molar-refractivity contribution in [2.75, 3.05) is 26.7 Å². The number of nitrogens with two attached hydrogens (primary N) is 1. The molecule has 17 heavy (non-hydrogen) atoms. The maximum absolute atomic E-state index is 11.7. The average molecular weight is 239 g/mol. The second-order valence-electron chi connectivity index (χ2n) is 4.18. The first-order valence-electron chi connectivity index (χ1n) is 5.85. The van der Waals surface area contributed by atoms with E-state index < -0.39 is 0 Å². The molecule has 0 aliphatic rings. The third-order valence-electron chi connectivity index (χ3n) is 2.50. The number of carbonyl (C=O) groups is 1. The van der Waals surface area contributed by atoms with Gasteiger partial charge in [0.25, 0.3) is 0 Å². The van der Waals surface area contributed by atoms with Crippen molar-refractivity contribution < 1.29 is 9.21 Å². The van der Waals surface area contributed by atoms with Gasteiger partial charge in [0.05, 0.1) is 18.8 Å². The third-order valence-corrected chi connectivity index (χ3v) is 2.50. The molecule has 5 nitrogen and oxygen atoms in total. The summed E-state index contributed by atoms with van der Waals surface area (Å²) in [6.45, 7) is 3.76. The quantitative estimate of drug-likeness (QED) is 0.736. The van der Waals surface area contributed by atoms with Crippen molar-refractivity contribution in [2.24, 2.45) is 5.73 Å². The van der Waals surface area contributed by atoms with Crippen molar-refractivity contribution in [2.45, 2.75) is 19.4 Å². The molecule has 0 spiro atoms. The Kier molecular flexibility index (Phi) is 5.72. The van der Waals surface area contributed by atoms with E-state index in [4.69, 9.17) is 10.2 Å². The Bertz CT molecular complexity index is 325. The van der Waals surface area contributed by atoms with Crippen molar-refractivity contribution in [3.63, 3.8) is 0 Å². The molecule has 1 aromatic heterocycles. The first-order valence-corrected chi connectivity index (χ1v) is 5.85. The summed E-state index contributed by atoms with van der Waals surface area (Å²) in [5.74, 6) is 0.761. The Morgan fingerprint density at radius 3 is 3.00 bits per heavy atom. The molecule has 0 saturated heterocycles. The number of likely N-dealkylation sites (N-methyl/N-ethyl adjacent to an activating group) is 1. The Balaban J connectivity index is 2.29. The zero-order valence-corrected chi connectivity index (χ0v) is 10.5. The molecule has 5 heteroatoms. The highest BCUT2D eigenvalue weighted by Crippen LogP contribution is 2.11. The molecule has 0 saturated carbocycles. The summed E-state index contributed by atoms with van der Waals surface area (Å²) in [5.41, 5.74) is 5.41. The number of nitrogens with one attached hydrogen (secondary N) is 1. The minimum absolute atomic E-state index is 0.00609. The van der Waals surface area contributed by atoms with Gasteiger partial charge in [-0.2, -0.15) is 0 Å². The van der Waals surface area contributed by atoms with Crippen LogP contribution in [0.25, 0.3) is 0 Å². The van der Waals surface area contributed by atoms with E-state index >= 15 is 0 Å². The van der Waals surface area contributed by atoms with Gasteiger partial charge in [0, 0.05) is 0 Å². The van der Waals surface area contributed by atoms with Crippen LogP contribution in [0.15, 0.2) is 22.8 Å². The lowest BCUT2D eigenvalue weighted by molar-refractivity contribution is -0.122. The van der Waals surface area contributed by atoms with Crippen molar-refractivity contribution in [1.82, 2.24) is 10.2 Å². The zero-order chi connectivity index (χ0) is 12.7. The van der Waals surface area contributed by atoms with Crippen LogP contribution in [0, 0.1) is 0 Å². The fourth-order valence-electron chi connectivity index (χ4n) is 1.58. The van der Waals surface area contributed by atoms with E-state index in [0.717, 1.165) is 18.7 Å². The second kappa shape index (κ2) is 7.09. The molecule has 1 aromatic rings. The summed E-state index contributed by atoms with van der Waals surface area (Å²) in [5, 5.41) is 2.88. The summed E-state index contributed by atoms with van der Waals surface area (Å²) < 4.78 is 5.22. The van der Waals surface area contributed by atoms with E-state index in [-0.39, 0.29) is 11.9 Å².